The summed E-state index contributed by atoms with van der Waals surface area (Å²) in [6.45, 7) is 0.898. The normalized spacial score (nSPS) is 19.0. The van der Waals surface area contributed by atoms with Crippen molar-refractivity contribution in [3.05, 3.63) is 22.7 Å². The first-order chi connectivity index (χ1) is 9.15. The zero-order valence-electron chi connectivity index (χ0n) is 10.2. The van der Waals surface area contributed by atoms with Crippen LogP contribution in [0.1, 0.15) is 24.4 Å². The van der Waals surface area contributed by atoms with E-state index in [4.69, 9.17) is 21.1 Å². The third-order valence-electron chi connectivity index (χ3n) is 3.18. The fourth-order valence-corrected chi connectivity index (χ4v) is 2.37. The molecule has 1 aliphatic heterocycles. The van der Waals surface area contributed by atoms with Gasteiger partial charge in [0, 0.05) is 6.04 Å². The summed E-state index contributed by atoms with van der Waals surface area (Å²) in [6.07, 6.45) is 2.03. The van der Waals surface area contributed by atoms with Gasteiger partial charge in [0.05, 0.1) is 5.02 Å². The smallest absolute Gasteiger partial charge is 0.325 e. The first-order valence-corrected chi connectivity index (χ1v) is 6.61. The molecule has 0 amide bonds. The Hall–Kier alpha value is -1.46. The summed E-state index contributed by atoms with van der Waals surface area (Å²) in [5.74, 6) is 0.0875. The number of halogens is 1. The van der Waals surface area contributed by atoms with Crippen LogP contribution in [0.2, 0.25) is 5.02 Å². The molecule has 1 aromatic carbocycles. The minimum Gasteiger partial charge on any atom is -0.486 e. The highest BCUT2D eigenvalue weighted by molar-refractivity contribution is 6.32. The van der Waals surface area contributed by atoms with Crippen molar-refractivity contribution in [2.24, 2.45) is 0 Å². The van der Waals surface area contributed by atoms with Crippen LogP contribution in [0.4, 0.5) is 0 Å². The van der Waals surface area contributed by atoms with E-state index in [9.17, 15) is 9.90 Å². The van der Waals surface area contributed by atoms with E-state index in [1.165, 1.54) is 0 Å². The minimum atomic E-state index is -0.917. The number of carbonyl (C=O) groups is 1. The Bertz CT molecular complexity index is 516. The van der Waals surface area contributed by atoms with Crippen LogP contribution >= 0.6 is 11.6 Å². The molecule has 19 heavy (non-hydrogen) atoms. The number of rotatable bonds is 4. The second-order valence-corrected chi connectivity index (χ2v) is 5.15. The third kappa shape index (κ3) is 2.62. The highest BCUT2D eigenvalue weighted by atomic mass is 35.5. The molecule has 0 spiro atoms. The molecule has 3 rings (SSSR count). The Kier molecular flexibility index (Phi) is 3.24. The van der Waals surface area contributed by atoms with Gasteiger partial charge in [0.15, 0.2) is 11.5 Å². The van der Waals surface area contributed by atoms with Crippen LogP contribution in [0, 0.1) is 0 Å². The molecule has 0 bridgehead atoms. The summed E-state index contributed by atoms with van der Waals surface area (Å²) in [6, 6.07) is 2.84. The Morgan fingerprint density at radius 2 is 2.11 bits per heavy atom. The molecule has 1 aliphatic carbocycles. The molecule has 1 saturated carbocycles. The summed E-state index contributed by atoms with van der Waals surface area (Å²) >= 11 is 6.12. The predicted octanol–water partition coefficient (Wildman–Crippen LogP) is 1.99. The molecule has 1 heterocycles. The highest BCUT2D eigenvalue weighted by Gasteiger charge is 2.30. The summed E-state index contributed by atoms with van der Waals surface area (Å²) in [5.41, 5.74) is 0.591. The Balaban J connectivity index is 1.93. The van der Waals surface area contributed by atoms with Gasteiger partial charge in [-0.15, -0.1) is 0 Å². The number of fused-ring (bicyclic) bond motifs is 1. The van der Waals surface area contributed by atoms with E-state index in [1.54, 1.807) is 12.1 Å². The summed E-state index contributed by atoms with van der Waals surface area (Å²) in [5, 5.41) is 12.8. The van der Waals surface area contributed by atoms with E-state index in [0.29, 0.717) is 35.3 Å². The van der Waals surface area contributed by atoms with Gasteiger partial charge >= 0.3 is 5.97 Å². The van der Waals surface area contributed by atoms with Crippen molar-refractivity contribution < 1.29 is 19.4 Å². The van der Waals surface area contributed by atoms with Gasteiger partial charge in [0.2, 0.25) is 0 Å². The summed E-state index contributed by atoms with van der Waals surface area (Å²) in [4.78, 5) is 11.4. The van der Waals surface area contributed by atoms with Crippen molar-refractivity contribution >= 4 is 17.6 Å². The Morgan fingerprint density at radius 1 is 1.37 bits per heavy atom. The maximum Gasteiger partial charge on any atom is 0.325 e. The number of carboxylic acids is 1. The lowest BCUT2D eigenvalue weighted by Gasteiger charge is -2.22. The number of hydrogen-bond acceptors (Lipinski definition) is 4. The minimum absolute atomic E-state index is 0.285. The summed E-state index contributed by atoms with van der Waals surface area (Å²) < 4.78 is 10.9. The van der Waals surface area contributed by atoms with E-state index in [2.05, 4.69) is 5.32 Å². The molecule has 1 atom stereocenters. The number of hydrogen-bond donors (Lipinski definition) is 2. The van der Waals surface area contributed by atoms with Gasteiger partial charge in [0.25, 0.3) is 0 Å². The van der Waals surface area contributed by atoms with Crippen molar-refractivity contribution in [1.82, 2.24) is 5.32 Å². The van der Waals surface area contributed by atoms with Crippen molar-refractivity contribution in [2.45, 2.75) is 24.9 Å². The zero-order valence-corrected chi connectivity index (χ0v) is 10.9. The van der Waals surface area contributed by atoms with E-state index >= 15 is 0 Å². The van der Waals surface area contributed by atoms with Gasteiger partial charge < -0.3 is 14.6 Å². The second-order valence-electron chi connectivity index (χ2n) is 4.74. The van der Waals surface area contributed by atoms with E-state index in [1.807, 2.05) is 0 Å². The molecule has 102 valence electrons. The van der Waals surface area contributed by atoms with Crippen LogP contribution in [0.25, 0.3) is 0 Å². The van der Waals surface area contributed by atoms with Gasteiger partial charge in [-0.05, 0) is 30.5 Å². The number of benzene rings is 1. The number of nitrogens with one attached hydrogen (secondary N) is 1. The lowest BCUT2D eigenvalue weighted by molar-refractivity contribution is -0.139. The van der Waals surface area contributed by atoms with Crippen LogP contribution in [0.15, 0.2) is 12.1 Å². The van der Waals surface area contributed by atoms with Crippen LogP contribution < -0.4 is 14.8 Å². The van der Waals surface area contributed by atoms with E-state index in [0.717, 1.165) is 12.8 Å². The molecule has 1 unspecified atom stereocenters. The number of aliphatic carboxylic acids is 1. The van der Waals surface area contributed by atoms with Gasteiger partial charge in [-0.1, -0.05) is 11.6 Å². The maximum atomic E-state index is 11.4. The lowest BCUT2D eigenvalue weighted by atomic mass is 10.1. The van der Waals surface area contributed by atoms with Gasteiger partial charge in [-0.2, -0.15) is 0 Å². The average molecular weight is 284 g/mol. The van der Waals surface area contributed by atoms with Gasteiger partial charge in [-0.3, -0.25) is 10.1 Å². The Labute approximate surface area is 115 Å². The molecule has 5 nitrogen and oxygen atoms in total. The molecule has 2 aliphatic rings. The van der Waals surface area contributed by atoms with Crippen LogP contribution in [0.3, 0.4) is 0 Å². The highest BCUT2D eigenvalue weighted by Crippen LogP contribution is 2.40. The standard InChI is InChI=1S/C13H14ClNO4/c14-9-5-7(6-10-12(9)19-4-3-18-10)11(13(16)17)15-8-1-2-8/h5-6,8,11,15H,1-4H2,(H,16,17). The largest absolute Gasteiger partial charge is 0.486 e. The SMILES string of the molecule is O=C(O)C(NC1CC1)c1cc(Cl)c2c(c1)OCCO2. The van der Waals surface area contributed by atoms with Crippen molar-refractivity contribution in [3.8, 4) is 11.5 Å². The van der Waals surface area contributed by atoms with Crippen LogP contribution in [-0.4, -0.2) is 30.3 Å². The summed E-state index contributed by atoms with van der Waals surface area (Å²) in [7, 11) is 0. The second kappa shape index (κ2) is 4.90. The van der Waals surface area contributed by atoms with Crippen LogP contribution in [-0.2, 0) is 4.79 Å². The molecular weight excluding hydrogens is 270 g/mol. The lowest BCUT2D eigenvalue weighted by Crippen LogP contribution is -2.30. The predicted molar refractivity (Wildman–Crippen MR) is 69.0 cm³/mol. The zero-order chi connectivity index (χ0) is 13.4. The first kappa shape index (κ1) is 12.6. The molecule has 1 fully saturated rings. The molecule has 2 N–H and O–H groups in total. The van der Waals surface area contributed by atoms with Crippen molar-refractivity contribution in [1.29, 1.82) is 0 Å². The fraction of sp³-hybridized carbons (Fsp3) is 0.462. The van der Waals surface area contributed by atoms with Crippen LogP contribution in [0.5, 0.6) is 11.5 Å². The molecule has 0 radical (unpaired) electrons. The number of ether oxygens (including phenoxy) is 2. The molecule has 0 aromatic heterocycles. The van der Waals surface area contributed by atoms with Gasteiger partial charge in [0.1, 0.15) is 19.3 Å². The topological polar surface area (TPSA) is 67.8 Å². The quantitative estimate of drug-likeness (QED) is 0.884. The van der Waals surface area contributed by atoms with Crippen molar-refractivity contribution in [2.75, 3.05) is 13.2 Å². The fourth-order valence-electron chi connectivity index (χ4n) is 2.09. The molecule has 1 aromatic rings. The maximum absolute atomic E-state index is 11.4. The van der Waals surface area contributed by atoms with Gasteiger partial charge in [-0.25, -0.2) is 0 Å². The molecule has 0 saturated heterocycles. The van der Waals surface area contributed by atoms with Crippen molar-refractivity contribution in [3.63, 3.8) is 0 Å². The molecular formula is C13H14ClNO4. The number of carboxylic acid groups (broad SMARTS) is 1. The third-order valence-corrected chi connectivity index (χ3v) is 3.46. The monoisotopic (exact) mass is 283 g/mol. The van der Waals surface area contributed by atoms with E-state index in [-0.39, 0.29) is 6.04 Å². The van der Waals surface area contributed by atoms with E-state index < -0.39 is 12.0 Å². The average Bonchev–Trinajstić information content (AvgIpc) is 3.19. The first-order valence-electron chi connectivity index (χ1n) is 6.23. The molecule has 6 heteroatoms. The Morgan fingerprint density at radius 3 is 2.79 bits per heavy atom.